The fraction of sp³-hybridized carbons (Fsp3) is 0.231. The van der Waals surface area contributed by atoms with Crippen LogP contribution >= 0.6 is 31.9 Å². The molecule has 114 valence electrons. The van der Waals surface area contributed by atoms with Gasteiger partial charge in [-0.15, -0.1) is 0 Å². The summed E-state index contributed by atoms with van der Waals surface area (Å²) in [6, 6.07) is 8.91. The van der Waals surface area contributed by atoms with Crippen molar-refractivity contribution < 1.29 is 12.8 Å². The fourth-order valence-electron chi connectivity index (χ4n) is 1.58. The molecule has 21 heavy (non-hydrogen) atoms. The minimum Gasteiger partial charge on any atom is -0.451 e. The van der Waals surface area contributed by atoms with Crippen LogP contribution in [-0.2, 0) is 16.6 Å². The summed E-state index contributed by atoms with van der Waals surface area (Å²) in [4.78, 5) is 0. The lowest BCUT2D eigenvalue weighted by atomic mass is 10.3. The van der Waals surface area contributed by atoms with E-state index in [1.807, 2.05) is 6.07 Å². The summed E-state index contributed by atoms with van der Waals surface area (Å²) in [6.45, 7) is 2.13. The second kappa shape index (κ2) is 6.85. The number of sulfonamides is 1. The van der Waals surface area contributed by atoms with Gasteiger partial charge in [0.2, 0.25) is 10.0 Å². The van der Waals surface area contributed by atoms with E-state index >= 15 is 0 Å². The van der Waals surface area contributed by atoms with Gasteiger partial charge in [0.1, 0.15) is 5.76 Å². The number of hydrogen-bond acceptors (Lipinski definition) is 4. The van der Waals surface area contributed by atoms with Gasteiger partial charge in [-0.25, -0.2) is 8.42 Å². The van der Waals surface area contributed by atoms with E-state index in [4.69, 9.17) is 4.42 Å². The highest BCUT2D eigenvalue weighted by molar-refractivity contribution is 9.13. The van der Waals surface area contributed by atoms with Gasteiger partial charge in [-0.3, -0.25) is 4.72 Å². The molecule has 0 fully saturated rings. The Morgan fingerprint density at radius 1 is 1.14 bits per heavy atom. The second-order valence-electron chi connectivity index (χ2n) is 4.27. The quantitative estimate of drug-likeness (QED) is 0.711. The van der Waals surface area contributed by atoms with Crippen molar-refractivity contribution in [3.63, 3.8) is 0 Å². The molecule has 0 spiro atoms. The third-order valence-corrected chi connectivity index (χ3v) is 5.72. The van der Waals surface area contributed by atoms with Gasteiger partial charge in [0.05, 0.1) is 16.8 Å². The molecular weight excluding hydrogens is 424 g/mol. The van der Waals surface area contributed by atoms with Crippen molar-refractivity contribution in [2.24, 2.45) is 0 Å². The molecule has 1 aromatic carbocycles. The van der Waals surface area contributed by atoms with Crippen molar-refractivity contribution in [1.82, 2.24) is 0 Å². The van der Waals surface area contributed by atoms with Crippen LogP contribution in [0.1, 0.15) is 12.7 Å². The molecule has 0 amide bonds. The Labute approximate surface area is 140 Å². The third-order valence-electron chi connectivity index (χ3n) is 2.70. The SMILES string of the molecule is CCS(=O)(=O)Nc1ccc(NCc2cc(Br)c(Br)o2)cc1. The van der Waals surface area contributed by atoms with E-state index in [1.54, 1.807) is 31.2 Å². The minimum absolute atomic E-state index is 0.0508. The Hall–Kier alpha value is -0.990. The van der Waals surface area contributed by atoms with Crippen molar-refractivity contribution in [1.29, 1.82) is 0 Å². The summed E-state index contributed by atoms with van der Waals surface area (Å²) < 4.78 is 32.4. The van der Waals surface area contributed by atoms with E-state index in [9.17, 15) is 8.42 Å². The Kier molecular flexibility index (Phi) is 5.34. The van der Waals surface area contributed by atoms with Crippen molar-refractivity contribution in [2.45, 2.75) is 13.5 Å². The molecule has 5 nitrogen and oxygen atoms in total. The number of nitrogens with one attached hydrogen (secondary N) is 2. The van der Waals surface area contributed by atoms with Gasteiger partial charge >= 0.3 is 0 Å². The van der Waals surface area contributed by atoms with Crippen LogP contribution in [0.4, 0.5) is 11.4 Å². The van der Waals surface area contributed by atoms with Crippen LogP contribution in [0, 0.1) is 0 Å². The molecule has 0 radical (unpaired) electrons. The molecule has 8 heteroatoms. The number of anilines is 2. The van der Waals surface area contributed by atoms with E-state index in [0.29, 0.717) is 16.9 Å². The maximum absolute atomic E-state index is 11.5. The standard InChI is InChI=1S/C13H14Br2N2O3S/c1-2-21(18,19)17-10-5-3-9(4-6-10)16-8-11-7-12(14)13(15)20-11/h3-7,16-17H,2,8H2,1H3. The summed E-state index contributed by atoms with van der Waals surface area (Å²) >= 11 is 6.63. The Morgan fingerprint density at radius 3 is 2.29 bits per heavy atom. The maximum atomic E-state index is 11.5. The predicted molar refractivity (Wildman–Crippen MR) is 91.0 cm³/mol. The summed E-state index contributed by atoms with van der Waals surface area (Å²) in [5.74, 6) is 0.833. The molecular formula is C13H14Br2N2O3S. The summed E-state index contributed by atoms with van der Waals surface area (Å²) in [5, 5.41) is 3.19. The molecule has 0 aliphatic carbocycles. The molecule has 2 rings (SSSR count). The summed E-state index contributed by atoms with van der Waals surface area (Å²) in [5.41, 5.74) is 1.42. The normalized spacial score (nSPS) is 11.4. The van der Waals surface area contributed by atoms with Gasteiger partial charge in [0, 0.05) is 11.4 Å². The molecule has 0 aliphatic rings. The van der Waals surface area contributed by atoms with Gasteiger partial charge in [0.15, 0.2) is 4.67 Å². The third kappa shape index (κ3) is 4.76. The highest BCUT2D eigenvalue weighted by atomic mass is 79.9. The average Bonchev–Trinajstić information content (AvgIpc) is 2.77. The van der Waals surface area contributed by atoms with Crippen molar-refractivity contribution in [3.8, 4) is 0 Å². The van der Waals surface area contributed by atoms with Gasteiger partial charge in [0.25, 0.3) is 0 Å². The van der Waals surface area contributed by atoms with E-state index < -0.39 is 10.0 Å². The van der Waals surface area contributed by atoms with Gasteiger partial charge in [-0.05, 0) is 69.1 Å². The van der Waals surface area contributed by atoms with Crippen LogP contribution in [0.15, 0.2) is 43.9 Å². The molecule has 0 aliphatic heterocycles. The molecule has 2 aromatic rings. The number of halogens is 2. The first-order valence-corrected chi connectivity index (χ1v) is 9.41. The molecule has 0 saturated carbocycles. The maximum Gasteiger partial charge on any atom is 0.232 e. The molecule has 1 aromatic heterocycles. The first-order chi connectivity index (χ1) is 9.89. The lowest BCUT2D eigenvalue weighted by Crippen LogP contribution is -2.14. The van der Waals surface area contributed by atoms with Crippen LogP contribution in [0.5, 0.6) is 0 Å². The van der Waals surface area contributed by atoms with E-state index in [-0.39, 0.29) is 5.75 Å². The number of rotatable bonds is 6. The molecule has 1 heterocycles. The lowest BCUT2D eigenvalue weighted by molar-refractivity contribution is 0.494. The van der Waals surface area contributed by atoms with Gasteiger partial charge < -0.3 is 9.73 Å². The van der Waals surface area contributed by atoms with Crippen LogP contribution < -0.4 is 10.0 Å². The minimum atomic E-state index is -3.24. The average molecular weight is 438 g/mol. The Morgan fingerprint density at radius 2 is 1.76 bits per heavy atom. The molecule has 0 bridgehead atoms. The van der Waals surface area contributed by atoms with Crippen molar-refractivity contribution in [2.75, 3.05) is 15.8 Å². The Balaban J connectivity index is 1.96. The zero-order chi connectivity index (χ0) is 15.5. The van der Waals surface area contributed by atoms with E-state index in [2.05, 4.69) is 41.9 Å². The number of hydrogen-bond donors (Lipinski definition) is 2. The highest BCUT2D eigenvalue weighted by Gasteiger charge is 2.07. The lowest BCUT2D eigenvalue weighted by Gasteiger charge is -2.08. The molecule has 2 N–H and O–H groups in total. The van der Waals surface area contributed by atoms with Crippen LogP contribution in [0.25, 0.3) is 0 Å². The number of benzene rings is 1. The van der Waals surface area contributed by atoms with Crippen molar-refractivity contribution in [3.05, 3.63) is 45.2 Å². The monoisotopic (exact) mass is 436 g/mol. The van der Waals surface area contributed by atoms with E-state index in [1.165, 1.54) is 0 Å². The predicted octanol–water partition coefficient (Wildman–Crippen LogP) is 4.18. The summed E-state index contributed by atoms with van der Waals surface area (Å²) in [7, 11) is -3.24. The van der Waals surface area contributed by atoms with Crippen LogP contribution in [-0.4, -0.2) is 14.2 Å². The fourth-order valence-corrected chi connectivity index (χ4v) is 2.87. The molecule has 0 unspecified atom stereocenters. The Bertz CT molecular complexity index is 692. The topological polar surface area (TPSA) is 71.3 Å². The van der Waals surface area contributed by atoms with Gasteiger partial charge in [-0.1, -0.05) is 0 Å². The smallest absolute Gasteiger partial charge is 0.232 e. The largest absolute Gasteiger partial charge is 0.451 e. The first kappa shape index (κ1) is 16.4. The van der Waals surface area contributed by atoms with Crippen molar-refractivity contribution >= 4 is 53.3 Å². The summed E-state index contributed by atoms with van der Waals surface area (Å²) in [6.07, 6.45) is 0. The first-order valence-electron chi connectivity index (χ1n) is 6.18. The zero-order valence-corrected chi connectivity index (χ0v) is 15.2. The second-order valence-corrected chi connectivity index (χ2v) is 7.86. The van der Waals surface area contributed by atoms with Crippen LogP contribution in [0.3, 0.4) is 0 Å². The van der Waals surface area contributed by atoms with E-state index in [0.717, 1.165) is 15.9 Å². The van der Waals surface area contributed by atoms with Crippen LogP contribution in [0.2, 0.25) is 0 Å². The zero-order valence-electron chi connectivity index (χ0n) is 11.2. The molecule has 0 saturated heterocycles. The molecule has 0 atom stereocenters. The number of furan rings is 1. The highest BCUT2D eigenvalue weighted by Crippen LogP contribution is 2.27. The van der Waals surface area contributed by atoms with Gasteiger partial charge in [-0.2, -0.15) is 0 Å².